The lowest BCUT2D eigenvalue weighted by Crippen LogP contribution is -2.47. The monoisotopic (exact) mass is 299 g/mol. The zero-order valence-electron chi connectivity index (χ0n) is 13.6. The third kappa shape index (κ3) is 4.30. The van der Waals surface area contributed by atoms with Crippen molar-refractivity contribution in [3.8, 4) is 0 Å². The fourth-order valence-electron chi connectivity index (χ4n) is 4.08. The van der Waals surface area contributed by atoms with Crippen LogP contribution in [0.4, 0.5) is 0 Å². The van der Waals surface area contributed by atoms with Gasteiger partial charge in [0.15, 0.2) is 0 Å². The van der Waals surface area contributed by atoms with Gasteiger partial charge in [0.25, 0.3) is 0 Å². The second kappa shape index (κ2) is 7.93. The Labute approximate surface area is 127 Å². The Morgan fingerprint density at radius 2 is 1.85 bits per heavy atom. The van der Waals surface area contributed by atoms with E-state index in [0.717, 1.165) is 30.1 Å². The van der Waals surface area contributed by atoms with E-state index in [9.17, 15) is 4.21 Å². The lowest BCUT2D eigenvalue weighted by atomic mass is 9.79. The molecule has 0 aromatic rings. The second-order valence-electron chi connectivity index (χ2n) is 7.22. The molecule has 0 bridgehead atoms. The van der Waals surface area contributed by atoms with Gasteiger partial charge in [0.2, 0.25) is 0 Å². The zero-order chi connectivity index (χ0) is 14.5. The quantitative estimate of drug-likeness (QED) is 0.810. The van der Waals surface area contributed by atoms with Gasteiger partial charge in [-0.1, -0.05) is 33.6 Å². The summed E-state index contributed by atoms with van der Waals surface area (Å²) < 4.78 is 12.9. The zero-order valence-corrected chi connectivity index (χ0v) is 14.4. The molecule has 0 saturated heterocycles. The molecule has 20 heavy (non-hydrogen) atoms. The Hall–Kier alpha value is 0.110. The predicted molar refractivity (Wildman–Crippen MR) is 88.4 cm³/mol. The minimum absolute atomic E-state index is 0.400. The highest BCUT2D eigenvalue weighted by atomic mass is 32.2. The Balaban J connectivity index is 1.95. The average molecular weight is 300 g/mol. The molecule has 2 rings (SSSR count). The standard InChI is InChI=1S/C17H33NOS/c1-4-18-16-10-9-15(13(2)3)11-17(16)20(19)12-14-7-5-6-8-14/h13-18H,4-12H2,1-3H3. The summed E-state index contributed by atoms with van der Waals surface area (Å²) in [5.41, 5.74) is 0. The number of hydrogen-bond donors (Lipinski definition) is 1. The molecule has 0 aliphatic heterocycles. The van der Waals surface area contributed by atoms with E-state index in [1.165, 1.54) is 44.9 Å². The topological polar surface area (TPSA) is 29.1 Å². The molecule has 0 amide bonds. The van der Waals surface area contributed by atoms with Crippen molar-refractivity contribution in [3.63, 3.8) is 0 Å². The molecule has 3 heteroatoms. The Kier molecular flexibility index (Phi) is 6.54. The third-order valence-electron chi connectivity index (χ3n) is 5.45. The predicted octanol–water partition coefficient (Wildman–Crippen LogP) is 3.73. The summed E-state index contributed by atoms with van der Waals surface area (Å²) in [4.78, 5) is 0. The molecule has 118 valence electrons. The molecule has 2 saturated carbocycles. The van der Waals surface area contributed by atoms with E-state index in [2.05, 4.69) is 26.1 Å². The minimum atomic E-state index is -0.628. The van der Waals surface area contributed by atoms with Gasteiger partial charge in [-0.2, -0.15) is 0 Å². The summed E-state index contributed by atoms with van der Waals surface area (Å²) in [6.07, 6.45) is 9.06. The van der Waals surface area contributed by atoms with Crippen molar-refractivity contribution in [2.75, 3.05) is 12.3 Å². The van der Waals surface area contributed by atoms with Crippen LogP contribution in [0.3, 0.4) is 0 Å². The van der Waals surface area contributed by atoms with E-state index < -0.39 is 10.8 Å². The fourth-order valence-corrected chi connectivity index (χ4v) is 6.19. The Morgan fingerprint density at radius 1 is 1.15 bits per heavy atom. The van der Waals surface area contributed by atoms with Crippen molar-refractivity contribution in [1.29, 1.82) is 0 Å². The molecule has 0 spiro atoms. The molecule has 0 aromatic heterocycles. The van der Waals surface area contributed by atoms with Crippen LogP contribution in [0.15, 0.2) is 0 Å². The largest absolute Gasteiger partial charge is 0.313 e. The third-order valence-corrected chi connectivity index (χ3v) is 7.45. The molecule has 2 aliphatic rings. The van der Waals surface area contributed by atoms with Crippen molar-refractivity contribution in [1.82, 2.24) is 5.32 Å². The van der Waals surface area contributed by atoms with Crippen LogP contribution in [0.25, 0.3) is 0 Å². The highest BCUT2D eigenvalue weighted by Gasteiger charge is 2.35. The second-order valence-corrected chi connectivity index (χ2v) is 8.92. The lowest BCUT2D eigenvalue weighted by Gasteiger charge is -2.38. The summed E-state index contributed by atoms with van der Waals surface area (Å²) in [5.74, 6) is 3.24. The Bertz CT molecular complexity index is 312. The van der Waals surface area contributed by atoms with Gasteiger partial charge in [-0.25, -0.2) is 0 Å². The van der Waals surface area contributed by atoms with Gasteiger partial charge in [-0.05, 0) is 56.4 Å². The smallest absolute Gasteiger partial charge is 0.0504 e. The summed E-state index contributed by atoms with van der Waals surface area (Å²) in [5, 5.41) is 4.01. The van der Waals surface area contributed by atoms with Gasteiger partial charge in [-0.3, -0.25) is 4.21 Å². The van der Waals surface area contributed by atoms with E-state index in [1.54, 1.807) is 0 Å². The first-order chi connectivity index (χ1) is 9.61. The fraction of sp³-hybridized carbons (Fsp3) is 1.00. The van der Waals surface area contributed by atoms with Crippen LogP contribution in [-0.4, -0.2) is 27.8 Å². The van der Waals surface area contributed by atoms with Gasteiger partial charge in [0.1, 0.15) is 0 Å². The first-order valence-corrected chi connectivity index (χ1v) is 10.1. The molecule has 0 radical (unpaired) electrons. The summed E-state index contributed by atoms with van der Waals surface area (Å²) in [6.45, 7) is 7.84. The first-order valence-electron chi connectivity index (χ1n) is 8.72. The maximum atomic E-state index is 12.9. The minimum Gasteiger partial charge on any atom is -0.313 e. The maximum Gasteiger partial charge on any atom is 0.0504 e. The summed E-state index contributed by atoms with van der Waals surface area (Å²) >= 11 is 0. The van der Waals surface area contributed by atoms with Gasteiger partial charge in [0.05, 0.1) is 5.25 Å². The van der Waals surface area contributed by atoms with Crippen molar-refractivity contribution in [2.24, 2.45) is 17.8 Å². The molecule has 2 aliphatic carbocycles. The van der Waals surface area contributed by atoms with Crippen LogP contribution in [0, 0.1) is 17.8 Å². The van der Waals surface area contributed by atoms with Gasteiger partial charge >= 0.3 is 0 Å². The van der Waals surface area contributed by atoms with E-state index in [1.807, 2.05) is 0 Å². The van der Waals surface area contributed by atoms with E-state index in [0.29, 0.717) is 11.3 Å². The van der Waals surface area contributed by atoms with Crippen LogP contribution in [0.2, 0.25) is 0 Å². The molecule has 1 N–H and O–H groups in total. The summed E-state index contributed by atoms with van der Waals surface area (Å²) in [7, 11) is -0.628. The first kappa shape index (κ1) is 16.5. The lowest BCUT2D eigenvalue weighted by molar-refractivity contribution is 0.245. The molecule has 4 unspecified atom stereocenters. The van der Waals surface area contributed by atoms with Crippen LogP contribution in [0.1, 0.15) is 65.7 Å². The molecular weight excluding hydrogens is 266 g/mol. The number of nitrogens with one attached hydrogen (secondary N) is 1. The van der Waals surface area contributed by atoms with Gasteiger partial charge in [-0.15, -0.1) is 0 Å². The maximum absolute atomic E-state index is 12.9. The van der Waals surface area contributed by atoms with Crippen molar-refractivity contribution < 1.29 is 4.21 Å². The normalized spacial score (nSPS) is 33.7. The van der Waals surface area contributed by atoms with Crippen molar-refractivity contribution >= 4 is 10.8 Å². The Morgan fingerprint density at radius 3 is 2.45 bits per heavy atom. The number of rotatable bonds is 6. The van der Waals surface area contributed by atoms with Crippen LogP contribution >= 0.6 is 0 Å². The molecule has 2 fully saturated rings. The van der Waals surface area contributed by atoms with E-state index in [4.69, 9.17) is 0 Å². The number of hydrogen-bond acceptors (Lipinski definition) is 2. The molecule has 2 nitrogen and oxygen atoms in total. The van der Waals surface area contributed by atoms with Crippen LogP contribution in [0.5, 0.6) is 0 Å². The van der Waals surface area contributed by atoms with E-state index >= 15 is 0 Å². The summed E-state index contributed by atoms with van der Waals surface area (Å²) in [6, 6.07) is 0.497. The highest BCUT2D eigenvalue weighted by molar-refractivity contribution is 7.85. The molecule has 0 heterocycles. The van der Waals surface area contributed by atoms with Crippen LogP contribution < -0.4 is 5.32 Å². The van der Waals surface area contributed by atoms with Crippen LogP contribution in [-0.2, 0) is 10.8 Å². The average Bonchev–Trinajstić information content (AvgIpc) is 2.92. The molecule has 0 aromatic carbocycles. The van der Waals surface area contributed by atoms with Crippen molar-refractivity contribution in [3.05, 3.63) is 0 Å². The highest BCUT2D eigenvalue weighted by Crippen LogP contribution is 2.34. The van der Waals surface area contributed by atoms with Gasteiger partial charge in [0, 0.05) is 22.6 Å². The molecule has 4 atom stereocenters. The van der Waals surface area contributed by atoms with Gasteiger partial charge < -0.3 is 5.32 Å². The SMILES string of the molecule is CCNC1CCC(C(C)C)CC1S(=O)CC1CCCC1. The molecular formula is C17H33NOS. The van der Waals surface area contributed by atoms with E-state index in [-0.39, 0.29) is 0 Å². The van der Waals surface area contributed by atoms with Crippen molar-refractivity contribution in [2.45, 2.75) is 77.0 Å².